The van der Waals surface area contributed by atoms with Crippen LogP contribution in [0, 0.1) is 0 Å². The summed E-state index contributed by atoms with van der Waals surface area (Å²) in [5.74, 6) is 0. The zero-order valence-corrected chi connectivity index (χ0v) is 8.23. The van der Waals surface area contributed by atoms with E-state index >= 15 is 0 Å². The number of halogens is 2. The van der Waals surface area contributed by atoms with E-state index in [2.05, 4.69) is 10.2 Å². The molecule has 1 heterocycles. The lowest BCUT2D eigenvalue weighted by molar-refractivity contribution is 0.111. The van der Waals surface area contributed by atoms with Crippen molar-refractivity contribution >= 4 is 29.5 Å². The van der Waals surface area contributed by atoms with Gasteiger partial charge in [0.2, 0.25) is 0 Å². The van der Waals surface area contributed by atoms with Gasteiger partial charge in [0.05, 0.1) is 5.02 Å². The van der Waals surface area contributed by atoms with Gasteiger partial charge in [-0.2, -0.15) is 0 Å². The summed E-state index contributed by atoms with van der Waals surface area (Å²) in [6.07, 6.45) is 0.520. The average Bonchev–Trinajstić information content (AvgIpc) is 2.08. The summed E-state index contributed by atoms with van der Waals surface area (Å²) in [7, 11) is 0. The number of hydrogen-bond acceptors (Lipinski definition) is 3. The minimum absolute atomic E-state index is 0.103. The van der Waals surface area contributed by atoms with Crippen molar-refractivity contribution in [2.45, 2.75) is 13.8 Å². The lowest BCUT2D eigenvalue weighted by atomic mass is 10.4. The molecule has 0 unspecified atom stereocenters. The molecule has 1 aromatic rings. The third kappa shape index (κ3) is 3.15. The molecule has 0 atom stereocenters. The van der Waals surface area contributed by atoms with Gasteiger partial charge in [-0.25, -0.2) is 0 Å². The Hall–Kier alpha value is -0.670. The number of hydrogen-bond donors (Lipinski definition) is 0. The van der Waals surface area contributed by atoms with Gasteiger partial charge in [0, 0.05) is 0 Å². The molecule has 0 amide bonds. The molecule has 0 aliphatic heterocycles. The molecule has 66 valence electrons. The van der Waals surface area contributed by atoms with E-state index in [1.165, 1.54) is 6.07 Å². The smallest absolute Gasteiger partial charge is 0.171 e. The molecule has 0 aliphatic carbocycles. The largest absolute Gasteiger partial charge is 0.296 e. The van der Waals surface area contributed by atoms with E-state index in [9.17, 15) is 4.79 Å². The molecule has 1 rings (SSSR count). The number of aromatic nitrogens is 2. The lowest BCUT2D eigenvalue weighted by Gasteiger charge is -1.91. The number of aldehydes is 1. The Labute approximate surface area is 80.7 Å². The highest BCUT2D eigenvalue weighted by Gasteiger charge is 2.00. The quantitative estimate of drug-likeness (QED) is 0.664. The van der Waals surface area contributed by atoms with Gasteiger partial charge in [0.15, 0.2) is 11.4 Å². The molecule has 0 spiro atoms. The van der Waals surface area contributed by atoms with Crippen LogP contribution in [-0.4, -0.2) is 16.5 Å². The molecule has 0 radical (unpaired) electrons. The third-order valence-corrected chi connectivity index (χ3v) is 1.34. The lowest BCUT2D eigenvalue weighted by Crippen LogP contribution is -1.91. The predicted molar refractivity (Wildman–Crippen MR) is 48.8 cm³/mol. The molecule has 12 heavy (non-hydrogen) atoms. The summed E-state index contributed by atoms with van der Waals surface area (Å²) in [5.41, 5.74) is 0.103. The van der Waals surface area contributed by atoms with Crippen LogP contribution in [-0.2, 0) is 0 Å². The number of carbonyl (C=O) groups is 1. The Balaban J connectivity index is 0.000000561. The fourth-order valence-corrected chi connectivity index (χ4v) is 0.825. The van der Waals surface area contributed by atoms with Crippen LogP contribution in [0.1, 0.15) is 24.3 Å². The summed E-state index contributed by atoms with van der Waals surface area (Å²) in [5, 5.41) is 7.22. The number of rotatable bonds is 1. The number of nitrogens with zero attached hydrogens (tertiary/aromatic N) is 2. The second-order valence-corrected chi connectivity index (χ2v) is 2.31. The molecular weight excluding hydrogens is 199 g/mol. The highest BCUT2D eigenvalue weighted by Crippen LogP contribution is 2.13. The summed E-state index contributed by atoms with van der Waals surface area (Å²) < 4.78 is 0. The monoisotopic (exact) mass is 206 g/mol. The molecule has 0 aromatic carbocycles. The van der Waals surface area contributed by atoms with Gasteiger partial charge in [0.1, 0.15) is 5.69 Å². The molecular formula is C7H8Cl2N2O. The van der Waals surface area contributed by atoms with E-state index in [-0.39, 0.29) is 15.9 Å². The Bertz CT molecular complexity index is 266. The average molecular weight is 207 g/mol. The highest BCUT2D eigenvalue weighted by molar-refractivity contribution is 6.35. The minimum Gasteiger partial charge on any atom is -0.296 e. The van der Waals surface area contributed by atoms with Crippen LogP contribution in [0.4, 0.5) is 0 Å². The first-order chi connectivity index (χ1) is 5.74. The first kappa shape index (κ1) is 11.3. The Morgan fingerprint density at radius 3 is 2.33 bits per heavy atom. The summed E-state index contributed by atoms with van der Waals surface area (Å²) in [6.45, 7) is 4.00. The summed E-state index contributed by atoms with van der Waals surface area (Å²) in [6, 6.07) is 1.36. The van der Waals surface area contributed by atoms with Gasteiger partial charge in [-0.3, -0.25) is 4.79 Å². The first-order valence-corrected chi connectivity index (χ1v) is 4.13. The van der Waals surface area contributed by atoms with Gasteiger partial charge in [-0.05, 0) is 6.07 Å². The van der Waals surface area contributed by atoms with Crippen molar-refractivity contribution < 1.29 is 4.79 Å². The van der Waals surface area contributed by atoms with Gasteiger partial charge >= 0.3 is 0 Å². The Morgan fingerprint density at radius 2 is 1.92 bits per heavy atom. The van der Waals surface area contributed by atoms with Crippen LogP contribution in [0.25, 0.3) is 0 Å². The standard InChI is InChI=1S/C5H2Cl2N2O.C2H6/c6-3-1-5(7)9-8-4(3)2-10;1-2/h1-2H;1-2H3. The molecule has 1 aromatic heterocycles. The van der Waals surface area contributed by atoms with Crippen molar-refractivity contribution in [2.24, 2.45) is 0 Å². The van der Waals surface area contributed by atoms with E-state index in [1.807, 2.05) is 13.8 Å². The van der Waals surface area contributed by atoms with Crippen molar-refractivity contribution in [2.75, 3.05) is 0 Å². The second kappa shape index (κ2) is 5.91. The molecule has 0 bridgehead atoms. The SMILES string of the molecule is CC.O=Cc1nnc(Cl)cc1Cl. The Kier molecular flexibility index (Phi) is 5.58. The van der Waals surface area contributed by atoms with Gasteiger partial charge in [0.25, 0.3) is 0 Å². The van der Waals surface area contributed by atoms with Gasteiger partial charge in [-0.1, -0.05) is 37.0 Å². The molecule has 0 N–H and O–H groups in total. The highest BCUT2D eigenvalue weighted by atomic mass is 35.5. The molecule has 5 heteroatoms. The number of carbonyl (C=O) groups excluding carboxylic acids is 1. The van der Waals surface area contributed by atoms with Crippen LogP contribution in [0.2, 0.25) is 10.2 Å². The fraction of sp³-hybridized carbons (Fsp3) is 0.286. The van der Waals surface area contributed by atoms with Gasteiger partial charge < -0.3 is 0 Å². The van der Waals surface area contributed by atoms with Crippen LogP contribution in [0.3, 0.4) is 0 Å². The Morgan fingerprint density at radius 1 is 1.33 bits per heavy atom. The third-order valence-electron chi connectivity index (χ3n) is 0.855. The van der Waals surface area contributed by atoms with E-state index in [0.717, 1.165) is 0 Å². The molecule has 0 fully saturated rings. The zero-order chi connectivity index (χ0) is 9.56. The summed E-state index contributed by atoms with van der Waals surface area (Å²) in [4.78, 5) is 10.1. The van der Waals surface area contributed by atoms with Crippen molar-refractivity contribution in [3.8, 4) is 0 Å². The minimum atomic E-state index is 0.103. The fourth-order valence-electron chi connectivity index (χ4n) is 0.437. The zero-order valence-electron chi connectivity index (χ0n) is 6.71. The maximum absolute atomic E-state index is 10.1. The maximum atomic E-state index is 10.1. The van der Waals surface area contributed by atoms with Crippen LogP contribution in [0.15, 0.2) is 6.07 Å². The van der Waals surface area contributed by atoms with E-state index in [4.69, 9.17) is 23.2 Å². The van der Waals surface area contributed by atoms with Crippen LogP contribution < -0.4 is 0 Å². The molecule has 0 saturated carbocycles. The maximum Gasteiger partial charge on any atom is 0.171 e. The van der Waals surface area contributed by atoms with E-state index in [1.54, 1.807) is 0 Å². The van der Waals surface area contributed by atoms with Crippen molar-refractivity contribution in [3.63, 3.8) is 0 Å². The van der Waals surface area contributed by atoms with E-state index < -0.39 is 0 Å². The molecule has 3 nitrogen and oxygen atoms in total. The van der Waals surface area contributed by atoms with Gasteiger partial charge in [-0.15, -0.1) is 10.2 Å². The van der Waals surface area contributed by atoms with Crippen LogP contribution in [0.5, 0.6) is 0 Å². The summed E-state index contributed by atoms with van der Waals surface area (Å²) >= 11 is 10.9. The topological polar surface area (TPSA) is 42.9 Å². The molecule has 0 aliphatic rings. The molecule has 0 saturated heterocycles. The predicted octanol–water partition coefficient (Wildman–Crippen LogP) is 2.62. The first-order valence-electron chi connectivity index (χ1n) is 3.38. The second-order valence-electron chi connectivity index (χ2n) is 1.52. The van der Waals surface area contributed by atoms with E-state index in [0.29, 0.717) is 6.29 Å². The van der Waals surface area contributed by atoms with Crippen molar-refractivity contribution in [3.05, 3.63) is 21.9 Å². The van der Waals surface area contributed by atoms with Crippen LogP contribution >= 0.6 is 23.2 Å². The van der Waals surface area contributed by atoms with Crippen molar-refractivity contribution in [1.29, 1.82) is 0 Å². The normalized spacial score (nSPS) is 8.33. The van der Waals surface area contributed by atoms with Crippen molar-refractivity contribution in [1.82, 2.24) is 10.2 Å².